The van der Waals surface area contributed by atoms with Crippen LogP contribution in [0.25, 0.3) is 0 Å². The van der Waals surface area contributed by atoms with Crippen LogP contribution in [0.3, 0.4) is 0 Å². The van der Waals surface area contributed by atoms with Gasteiger partial charge in [0.2, 0.25) is 0 Å². The van der Waals surface area contributed by atoms with E-state index in [0.717, 1.165) is 24.3 Å². The summed E-state index contributed by atoms with van der Waals surface area (Å²) in [7, 11) is 0. The average molecular weight is 477 g/mol. The molecule has 0 radical (unpaired) electrons. The number of Topliss-reactive ketones (excluding diaryl/α,β-unsaturated/α-hetero) is 1. The first kappa shape index (κ1) is 26.8. The smallest absolute Gasteiger partial charge is 0.408 e. The maximum Gasteiger partial charge on any atom is 0.408 e. The average Bonchev–Trinajstić information content (AvgIpc) is 2.69. The maximum atomic E-state index is 13.7. The number of hydrogen-bond acceptors (Lipinski definition) is 5. The zero-order valence-corrected chi connectivity index (χ0v) is 20.1. The molecule has 2 aromatic carbocycles. The number of halogens is 2. The third-order valence-corrected chi connectivity index (χ3v) is 4.30. The molecule has 34 heavy (non-hydrogen) atoms. The molecule has 0 aliphatic heterocycles. The predicted octanol–water partition coefficient (Wildman–Crippen LogP) is 5.37. The van der Waals surface area contributed by atoms with E-state index >= 15 is 0 Å². The summed E-state index contributed by atoms with van der Waals surface area (Å²) < 4.78 is 37.6. The highest BCUT2D eigenvalue weighted by atomic mass is 19.1. The number of carbonyl (C=O) groups excluding carboxylic acids is 3. The Labute approximate surface area is 197 Å². The Morgan fingerprint density at radius 3 is 1.21 bits per heavy atom. The summed E-state index contributed by atoms with van der Waals surface area (Å²) >= 11 is 0. The highest BCUT2D eigenvalue weighted by molar-refractivity contribution is 5.95. The van der Waals surface area contributed by atoms with Crippen LogP contribution < -0.4 is 10.6 Å². The fraction of sp³-hybridized carbons (Fsp3) is 0.400. The van der Waals surface area contributed by atoms with Crippen molar-refractivity contribution in [1.82, 2.24) is 10.6 Å². The molecule has 184 valence electrons. The van der Waals surface area contributed by atoms with Crippen LogP contribution in [0.1, 0.15) is 64.8 Å². The molecular formula is C25H30F2N2O5. The van der Waals surface area contributed by atoms with Crippen molar-refractivity contribution in [2.24, 2.45) is 0 Å². The number of rotatable bonds is 6. The summed E-state index contributed by atoms with van der Waals surface area (Å²) in [5, 5.41) is 4.99. The van der Waals surface area contributed by atoms with Crippen LogP contribution >= 0.6 is 0 Å². The van der Waals surface area contributed by atoms with Crippen LogP contribution in [0, 0.1) is 11.6 Å². The van der Waals surface area contributed by atoms with Gasteiger partial charge in [0, 0.05) is 0 Å². The second-order valence-corrected chi connectivity index (χ2v) is 9.66. The van der Waals surface area contributed by atoms with E-state index in [4.69, 9.17) is 9.47 Å². The molecule has 0 saturated heterocycles. The first-order valence-electron chi connectivity index (χ1n) is 10.7. The Kier molecular flexibility index (Phi) is 8.36. The van der Waals surface area contributed by atoms with Gasteiger partial charge in [-0.1, -0.05) is 24.3 Å². The van der Waals surface area contributed by atoms with E-state index in [1.807, 2.05) is 0 Å². The molecule has 0 saturated carbocycles. The third kappa shape index (κ3) is 8.46. The molecule has 2 N–H and O–H groups in total. The molecule has 0 heterocycles. The van der Waals surface area contributed by atoms with Gasteiger partial charge in [-0.2, -0.15) is 0 Å². The topological polar surface area (TPSA) is 93.7 Å². The minimum absolute atomic E-state index is 0.260. The van der Waals surface area contributed by atoms with Gasteiger partial charge in [0.15, 0.2) is 5.78 Å². The molecule has 9 heteroatoms. The summed E-state index contributed by atoms with van der Waals surface area (Å²) in [5.74, 6) is -1.74. The minimum atomic E-state index is -1.32. The molecular weight excluding hydrogens is 446 g/mol. The summed E-state index contributed by atoms with van der Waals surface area (Å²) in [4.78, 5) is 38.7. The largest absolute Gasteiger partial charge is 0.444 e. The van der Waals surface area contributed by atoms with Crippen molar-refractivity contribution in [2.45, 2.75) is 64.8 Å². The van der Waals surface area contributed by atoms with E-state index in [2.05, 4.69) is 10.6 Å². The van der Waals surface area contributed by atoms with Gasteiger partial charge in [-0.15, -0.1) is 0 Å². The lowest BCUT2D eigenvalue weighted by molar-refractivity contribution is -0.123. The number of carbonyl (C=O) groups is 3. The van der Waals surface area contributed by atoms with Gasteiger partial charge >= 0.3 is 12.2 Å². The minimum Gasteiger partial charge on any atom is -0.444 e. The van der Waals surface area contributed by atoms with Gasteiger partial charge in [0.25, 0.3) is 0 Å². The Balaban J connectivity index is 2.46. The van der Waals surface area contributed by atoms with Crippen LogP contribution in [0.2, 0.25) is 0 Å². The molecule has 0 fully saturated rings. The van der Waals surface area contributed by atoms with Crippen molar-refractivity contribution in [2.75, 3.05) is 0 Å². The van der Waals surface area contributed by atoms with Crippen LogP contribution in [-0.2, 0) is 14.3 Å². The lowest BCUT2D eigenvalue weighted by Crippen LogP contribution is -2.44. The van der Waals surface area contributed by atoms with Crippen molar-refractivity contribution in [1.29, 1.82) is 0 Å². The molecule has 7 nitrogen and oxygen atoms in total. The zero-order valence-electron chi connectivity index (χ0n) is 20.1. The van der Waals surface area contributed by atoms with E-state index in [0.29, 0.717) is 0 Å². The summed E-state index contributed by atoms with van der Waals surface area (Å²) in [6.07, 6.45) is -1.77. The number of ether oxygens (including phenoxy) is 2. The number of hydrogen-bond donors (Lipinski definition) is 2. The number of alkyl carbamates (subject to hydrolysis) is 2. The first-order chi connectivity index (χ1) is 15.6. The van der Waals surface area contributed by atoms with Crippen molar-refractivity contribution >= 4 is 18.0 Å². The standard InChI is InChI=1S/C25H30F2N2O5/c1-24(2,3)33-22(31)28-19(15-7-11-17(26)12-8-15)21(30)20(16-9-13-18(27)14-10-16)29-23(32)34-25(4,5)6/h7-14,19-20H,1-6H3,(H,28,31)(H,29,32)/t19-,20-/m1/s1. The van der Waals surface area contributed by atoms with Gasteiger partial charge in [-0.05, 0) is 76.9 Å². The van der Waals surface area contributed by atoms with Gasteiger partial charge in [-0.3, -0.25) is 4.79 Å². The maximum absolute atomic E-state index is 13.7. The second-order valence-electron chi connectivity index (χ2n) is 9.66. The normalized spacial score (nSPS) is 13.4. The van der Waals surface area contributed by atoms with Gasteiger partial charge < -0.3 is 20.1 Å². The van der Waals surface area contributed by atoms with Gasteiger partial charge in [0.1, 0.15) is 34.9 Å². The van der Waals surface area contributed by atoms with Gasteiger partial charge in [0.05, 0.1) is 0 Å². The molecule has 2 aromatic rings. The Hall–Kier alpha value is -3.49. The number of nitrogens with one attached hydrogen (secondary N) is 2. The molecule has 0 spiro atoms. The number of amides is 2. The molecule has 0 aliphatic rings. The highest BCUT2D eigenvalue weighted by Crippen LogP contribution is 2.25. The molecule has 2 atom stereocenters. The van der Waals surface area contributed by atoms with Crippen LogP contribution in [0.15, 0.2) is 48.5 Å². The summed E-state index contributed by atoms with van der Waals surface area (Å²) in [6, 6.07) is 7.27. The van der Waals surface area contributed by atoms with Crippen molar-refractivity contribution in [3.05, 3.63) is 71.3 Å². The molecule has 0 unspecified atom stereocenters. The van der Waals surface area contributed by atoms with Crippen LogP contribution in [0.4, 0.5) is 18.4 Å². The van der Waals surface area contributed by atoms with Crippen molar-refractivity contribution in [3.63, 3.8) is 0 Å². The van der Waals surface area contributed by atoms with E-state index in [-0.39, 0.29) is 11.1 Å². The Bertz CT molecular complexity index is 928. The molecule has 2 amide bonds. The number of ketones is 1. The third-order valence-electron chi connectivity index (χ3n) is 4.30. The lowest BCUT2D eigenvalue weighted by Gasteiger charge is -2.28. The second kappa shape index (κ2) is 10.6. The SMILES string of the molecule is CC(C)(C)OC(=O)N[C@@H](C(=O)[C@H](NC(=O)OC(C)(C)C)c1ccc(F)cc1)c1ccc(F)cc1. The van der Waals surface area contributed by atoms with Crippen LogP contribution in [0.5, 0.6) is 0 Å². The lowest BCUT2D eigenvalue weighted by atomic mass is 9.93. The fourth-order valence-corrected chi connectivity index (χ4v) is 2.97. The van der Waals surface area contributed by atoms with Crippen molar-refractivity contribution < 1.29 is 32.6 Å². The monoisotopic (exact) mass is 476 g/mol. The first-order valence-corrected chi connectivity index (χ1v) is 10.7. The molecule has 0 aliphatic carbocycles. The predicted molar refractivity (Wildman–Crippen MR) is 122 cm³/mol. The summed E-state index contributed by atoms with van der Waals surface area (Å²) in [5.41, 5.74) is -1.16. The Morgan fingerprint density at radius 1 is 0.647 bits per heavy atom. The molecule has 2 rings (SSSR count). The van der Waals surface area contributed by atoms with Gasteiger partial charge in [-0.25, -0.2) is 18.4 Å². The quantitative estimate of drug-likeness (QED) is 0.585. The summed E-state index contributed by atoms with van der Waals surface area (Å²) in [6.45, 7) is 9.96. The van der Waals surface area contributed by atoms with Crippen molar-refractivity contribution in [3.8, 4) is 0 Å². The van der Waals surface area contributed by atoms with E-state index < -0.39 is 52.9 Å². The molecule has 0 aromatic heterocycles. The van der Waals surface area contributed by atoms with E-state index in [9.17, 15) is 23.2 Å². The fourth-order valence-electron chi connectivity index (χ4n) is 2.97. The van der Waals surface area contributed by atoms with E-state index in [1.165, 1.54) is 24.3 Å². The Morgan fingerprint density at radius 2 is 0.941 bits per heavy atom. The zero-order chi connectivity index (χ0) is 25.7. The molecule has 0 bridgehead atoms. The van der Waals surface area contributed by atoms with E-state index in [1.54, 1.807) is 41.5 Å². The van der Waals surface area contributed by atoms with Crippen LogP contribution in [-0.4, -0.2) is 29.2 Å². The highest BCUT2D eigenvalue weighted by Gasteiger charge is 2.34. The number of benzene rings is 2.